The highest BCUT2D eigenvalue weighted by molar-refractivity contribution is 7.92. The number of anilines is 5. The molecule has 1 aromatic heterocycles. The number of phenols is 2. The highest BCUT2D eigenvalue weighted by atomic mass is 35.5. The Balaban J connectivity index is 1.26. The Bertz CT molecular complexity index is 4530. The molecule has 9 N–H and O–H groups in total. The Morgan fingerprint density at radius 1 is 0.659 bits per heavy atom. The number of nitrogens with one attached hydrogen (secondary N) is 2. The van der Waals surface area contributed by atoms with Crippen molar-refractivity contribution in [3.8, 4) is 11.5 Å². The number of benzene rings is 6. The van der Waals surface area contributed by atoms with Crippen LogP contribution < -0.4 is 15.7 Å². The molecule has 0 aliphatic heterocycles. The number of azo groups is 2. The lowest BCUT2D eigenvalue weighted by Gasteiger charge is -2.19. The van der Waals surface area contributed by atoms with Crippen LogP contribution in [0.3, 0.4) is 0 Å². The van der Waals surface area contributed by atoms with Crippen LogP contribution in [-0.2, 0) is 85.0 Å². The Morgan fingerprint density at radius 2 is 1.28 bits per heavy atom. The van der Waals surface area contributed by atoms with Crippen LogP contribution in [0.25, 0.3) is 21.5 Å². The van der Waals surface area contributed by atoms with Crippen molar-refractivity contribution in [3.05, 3.63) is 90.2 Å². The fraction of sp³-hybridized carbons (Fsp3) is 0.125. The number of hydrogen-bond donors (Lipinski definition) is 9. The number of sulfone groups is 1. The lowest BCUT2D eigenvalue weighted by molar-refractivity contribution is 0.210. The van der Waals surface area contributed by atoms with Crippen molar-refractivity contribution in [1.29, 1.82) is 0 Å². The fourth-order valence-corrected chi connectivity index (χ4v) is 12.0. The molecule has 0 aliphatic carbocycles. The molecule has 0 bridgehead atoms. The number of hydrogen-bond acceptors (Lipinski definition) is 28. The van der Waals surface area contributed by atoms with Gasteiger partial charge in [0, 0.05) is 23.5 Å². The second-order valence-corrected chi connectivity index (χ2v) is 26.4. The van der Waals surface area contributed by atoms with E-state index in [9.17, 15) is 83.1 Å². The standard InChI is InChI=1S/C40H34Cl2N10O23S7/c1-52(24-5-8-27-20(12-24)14-31(80(64,65)66)34(36(27)53)49-47-22-2-6-25(7-3-22)77(56,57)19-75-82(70,71)72)40-45-38(42)44-39(46-40)43-29-17-26(78(58,59)60)13-21-15-32(81(67,68)69)35(37(54)33(21)29)50-48-28-16-23(4-9-30(28)79(61,62)63)51-73-10-11-76(55)74-18-41/h2-9,12-17,51,53-54H,10-11,18-19H2,1H3,(H,58,59,60)(H,61,62,63)(H,64,65,66)(H,67,68,69)(H,70,71,72)(H,43,44,45,46). The van der Waals surface area contributed by atoms with Gasteiger partial charge in [0.2, 0.25) is 27.0 Å². The average molecular weight is 1320 g/mol. The van der Waals surface area contributed by atoms with Gasteiger partial charge >= 0.3 is 10.4 Å². The second-order valence-electron chi connectivity index (χ2n) is 16.0. The van der Waals surface area contributed by atoms with Crippen LogP contribution in [0.5, 0.6) is 11.5 Å². The van der Waals surface area contributed by atoms with Gasteiger partial charge < -0.3 is 20.4 Å². The van der Waals surface area contributed by atoms with Crippen LogP contribution in [0.4, 0.5) is 51.7 Å². The first-order chi connectivity index (χ1) is 38.0. The van der Waals surface area contributed by atoms with Crippen LogP contribution >= 0.6 is 23.2 Å². The molecule has 7 rings (SSSR count). The van der Waals surface area contributed by atoms with Gasteiger partial charge in [-0.15, -0.1) is 15.3 Å². The predicted octanol–water partition coefficient (Wildman–Crippen LogP) is 6.34. The van der Waals surface area contributed by atoms with E-state index in [0.29, 0.717) is 18.2 Å². The van der Waals surface area contributed by atoms with E-state index in [1.54, 1.807) is 0 Å². The number of rotatable bonds is 23. The maximum absolute atomic E-state index is 12.8. The maximum Gasteiger partial charge on any atom is 0.398 e. The summed E-state index contributed by atoms with van der Waals surface area (Å²) in [7, 11) is -29.2. The summed E-state index contributed by atoms with van der Waals surface area (Å²) in [6.45, 7) is -0.263. The largest absolute Gasteiger partial charge is 0.505 e. The molecule has 33 nitrogen and oxygen atoms in total. The number of phenolic OH excluding ortho intramolecular Hbond substituents is 2. The summed E-state index contributed by atoms with van der Waals surface area (Å²) < 4.78 is 217. The van der Waals surface area contributed by atoms with Crippen LogP contribution in [0.15, 0.2) is 130 Å². The molecule has 0 radical (unpaired) electrons. The zero-order valence-electron chi connectivity index (χ0n) is 40.3. The topological polar surface area (TPSA) is 507 Å². The van der Waals surface area contributed by atoms with Gasteiger partial charge in [0.05, 0.1) is 39.2 Å². The van der Waals surface area contributed by atoms with E-state index in [4.69, 9.17) is 32.6 Å². The summed E-state index contributed by atoms with van der Waals surface area (Å²) >= 11 is 9.84. The number of halogens is 2. The molecule has 0 aliphatic rings. The van der Waals surface area contributed by atoms with Gasteiger partial charge in [-0.05, 0) is 107 Å². The van der Waals surface area contributed by atoms with Crippen molar-refractivity contribution < 1.29 is 101 Å². The zero-order valence-corrected chi connectivity index (χ0v) is 47.5. The summed E-state index contributed by atoms with van der Waals surface area (Å²) in [6.07, 6.45) is 0. The van der Waals surface area contributed by atoms with Gasteiger partial charge in [-0.25, -0.2) is 16.8 Å². The van der Waals surface area contributed by atoms with Crippen LogP contribution in [0.2, 0.25) is 5.28 Å². The molecule has 0 spiro atoms. The summed E-state index contributed by atoms with van der Waals surface area (Å²) in [6, 6.07) is 13.1. The molecule has 0 saturated carbocycles. The van der Waals surface area contributed by atoms with E-state index >= 15 is 0 Å². The molecular weight excluding hydrogens is 1280 g/mol. The molecule has 6 aromatic carbocycles. The van der Waals surface area contributed by atoms with Gasteiger partial charge in [0.1, 0.15) is 37.8 Å². The molecule has 0 amide bonds. The highest BCUT2D eigenvalue weighted by Crippen LogP contribution is 2.47. The minimum Gasteiger partial charge on any atom is -0.505 e. The smallest absolute Gasteiger partial charge is 0.398 e. The predicted molar refractivity (Wildman–Crippen MR) is 287 cm³/mol. The Labute approximate surface area is 474 Å². The number of fused-ring (bicyclic) bond motifs is 2. The SMILES string of the molecule is CN(c1ccc2c(O)c(N=Nc3ccc(S(=O)(=O)COS(=O)(=O)O)cc3)c(S(=O)(=O)O)cc2c1)c1nc(Cl)nc(Nc2cc(S(=O)(=O)O)cc3cc(S(=O)(=O)O)c(N=Nc4cc(NOCCS(=O)OCCl)ccc4S(=O)(=O)O)c(O)c23)n1. The molecular formula is C40H34Cl2N10O23S7. The monoisotopic (exact) mass is 1320 g/mol. The van der Waals surface area contributed by atoms with Crippen molar-refractivity contribution >= 4 is 168 Å². The summed E-state index contributed by atoms with van der Waals surface area (Å²) in [5.74, 6) is -4.64. The Morgan fingerprint density at radius 3 is 1.89 bits per heavy atom. The first-order valence-electron chi connectivity index (χ1n) is 21.4. The lowest BCUT2D eigenvalue weighted by atomic mass is 10.1. The number of alkyl halides is 1. The van der Waals surface area contributed by atoms with Gasteiger partial charge in [0.25, 0.3) is 40.5 Å². The van der Waals surface area contributed by atoms with Gasteiger partial charge in [-0.3, -0.25) is 37.3 Å². The van der Waals surface area contributed by atoms with Crippen LogP contribution in [0, 0.1) is 0 Å². The summed E-state index contributed by atoms with van der Waals surface area (Å²) in [4.78, 5) is 14.0. The molecule has 0 saturated heterocycles. The highest BCUT2D eigenvalue weighted by Gasteiger charge is 2.28. The molecule has 1 unspecified atom stereocenters. The van der Waals surface area contributed by atoms with Gasteiger partial charge in [0.15, 0.2) is 28.5 Å². The van der Waals surface area contributed by atoms with E-state index in [0.717, 1.165) is 48.5 Å². The normalized spacial score (nSPS) is 13.3. The fourth-order valence-electron chi connectivity index (χ4n) is 6.98. The quantitative estimate of drug-likeness (QED) is 0.0111. The number of aromatic nitrogens is 3. The van der Waals surface area contributed by atoms with Crippen LogP contribution in [-0.4, -0.2) is 134 Å². The molecule has 1 atom stereocenters. The third kappa shape index (κ3) is 15.2. The van der Waals surface area contributed by atoms with Gasteiger partial charge in [-0.2, -0.15) is 62.2 Å². The third-order valence-corrected chi connectivity index (χ3v) is 17.3. The minimum atomic E-state index is -5.49. The Kier molecular flexibility index (Phi) is 18.5. The van der Waals surface area contributed by atoms with Crippen molar-refractivity contribution in [2.45, 2.75) is 24.5 Å². The molecule has 82 heavy (non-hydrogen) atoms. The molecule has 438 valence electrons. The van der Waals surface area contributed by atoms with E-state index in [1.165, 1.54) is 30.1 Å². The lowest BCUT2D eigenvalue weighted by Crippen LogP contribution is -2.15. The van der Waals surface area contributed by atoms with Crippen molar-refractivity contribution in [3.63, 3.8) is 0 Å². The average Bonchev–Trinajstić information content (AvgIpc) is 2.07. The first-order valence-corrected chi connectivity index (χ1v) is 32.3. The number of aromatic hydroxyl groups is 2. The van der Waals surface area contributed by atoms with Crippen molar-refractivity contribution in [2.24, 2.45) is 20.5 Å². The van der Waals surface area contributed by atoms with Crippen molar-refractivity contribution in [2.75, 3.05) is 47.1 Å². The minimum absolute atomic E-state index is 0.0810. The van der Waals surface area contributed by atoms with Gasteiger partial charge in [-0.1, -0.05) is 11.6 Å². The van der Waals surface area contributed by atoms with E-state index < -0.39 is 158 Å². The first kappa shape index (κ1) is 62.8. The van der Waals surface area contributed by atoms with Crippen molar-refractivity contribution in [1.82, 2.24) is 15.0 Å². The van der Waals surface area contributed by atoms with Crippen LogP contribution in [0.1, 0.15) is 0 Å². The Hall–Kier alpha value is -6.84. The summed E-state index contributed by atoms with van der Waals surface area (Å²) in [5.41, 5.74) is -0.993. The number of nitrogens with zero attached hydrogens (tertiary/aromatic N) is 8. The van der Waals surface area contributed by atoms with E-state index in [2.05, 4.69) is 54.6 Å². The summed E-state index contributed by atoms with van der Waals surface area (Å²) in [5, 5.41) is 38.7. The maximum atomic E-state index is 12.8. The second kappa shape index (κ2) is 24.2. The third-order valence-electron chi connectivity index (χ3n) is 10.6. The van der Waals surface area contributed by atoms with E-state index in [1.807, 2.05) is 0 Å². The molecule has 1 heterocycles. The zero-order chi connectivity index (χ0) is 60.5. The van der Waals surface area contributed by atoms with E-state index in [-0.39, 0.29) is 52.2 Å². The molecule has 42 heteroatoms. The molecule has 0 fully saturated rings. The molecule has 7 aromatic rings.